The fourth-order valence-electron chi connectivity index (χ4n) is 2.60. The van der Waals surface area contributed by atoms with E-state index in [0.29, 0.717) is 12.3 Å². The van der Waals surface area contributed by atoms with Crippen LogP contribution < -0.4 is 10.5 Å². The molecule has 3 N–H and O–H groups in total. The first kappa shape index (κ1) is 15.5. The second-order valence-electron chi connectivity index (χ2n) is 5.36. The van der Waals surface area contributed by atoms with Gasteiger partial charge in [-0.1, -0.05) is 12.8 Å². The van der Waals surface area contributed by atoms with Crippen molar-refractivity contribution >= 4 is 10.0 Å². The minimum absolute atomic E-state index is 0.183. The second kappa shape index (κ2) is 6.71. The fraction of sp³-hybridized carbons (Fsp3) is 0.692. The highest BCUT2D eigenvalue weighted by atomic mass is 32.2. The Morgan fingerprint density at radius 1 is 1.40 bits per heavy atom. The number of hydrogen-bond donors (Lipinski definition) is 2. The van der Waals surface area contributed by atoms with Gasteiger partial charge in [0.1, 0.15) is 5.76 Å². The molecule has 1 aromatic heterocycles. The van der Waals surface area contributed by atoms with Gasteiger partial charge in [-0.25, -0.2) is 13.6 Å². The number of hydrogen-bond acceptors (Lipinski definition) is 5. The monoisotopic (exact) mass is 301 g/mol. The predicted octanol–water partition coefficient (Wildman–Crippen LogP) is 0.891. The molecule has 0 spiro atoms. The van der Waals surface area contributed by atoms with Crippen molar-refractivity contribution in [1.29, 1.82) is 0 Å². The molecule has 2 rings (SSSR count). The molecule has 0 unspecified atom stereocenters. The van der Waals surface area contributed by atoms with E-state index < -0.39 is 10.0 Å². The van der Waals surface area contributed by atoms with Crippen LogP contribution in [0, 0.1) is 0 Å². The number of sulfonamides is 1. The van der Waals surface area contributed by atoms with Gasteiger partial charge in [0.15, 0.2) is 0 Å². The van der Waals surface area contributed by atoms with E-state index in [2.05, 4.69) is 17.3 Å². The molecule has 0 amide bonds. The summed E-state index contributed by atoms with van der Waals surface area (Å²) in [4.78, 5) is 2.39. The van der Waals surface area contributed by atoms with Gasteiger partial charge >= 0.3 is 0 Å². The minimum Gasteiger partial charge on any atom is -0.447 e. The van der Waals surface area contributed by atoms with Crippen LogP contribution in [0.2, 0.25) is 0 Å². The Balaban J connectivity index is 1.69. The van der Waals surface area contributed by atoms with E-state index in [1.807, 2.05) is 0 Å². The van der Waals surface area contributed by atoms with Crippen molar-refractivity contribution in [3.8, 4) is 0 Å². The van der Waals surface area contributed by atoms with Crippen molar-refractivity contribution in [3.05, 3.63) is 17.9 Å². The van der Waals surface area contributed by atoms with E-state index >= 15 is 0 Å². The summed E-state index contributed by atoms with van der Waals surface area (Å²) < 4.78 is 27.3. The van der Waals surface area contributed by atoms with Gasteiger partial charge in [0.2, 0.25) is 5.09 Å². The molecule has 114 valence electrons. The molecular formula is C13H23N3O3S. The third kappa shape index (κ3) is 4.31. The lowest BCUT2D eigenvalue weighted by Crippen LogP contribution is -2.35. The largest absolute Gasteiger partial charge is 0.447 e. The van der Waals surface area contributed by atoms with Crippen molar-refractivity contribution in [2.24, 2.45) is 5.14 Å². The Labute approximate surface area is 120 Å². The summed E-state index contributed by atoms with van der Waals surface area (Å²) >= 11 is 0. The summed E-state index contributed by atoms with van der Waals surface area (Å²) in [7, 11) is -1.58. The lowest BCUT2D eigenvalue weighted by molar-refractivity contribution is 0.244. The summed E-state index contributed by atoms with van der Waals surface area (Å²) in [6.07, 6.45) is 5.27. The number of nitrogens with one attached hydrogen (secondary N) is 1. The predicted molar refractivity (Wildman–Crippen MR) is 76.7 cm³/mol. The first-order chi connectivity index (χ1) is 9.47. The molecule has 1 aliphatic carbocycles. The lowest BCUT2D eigenvalue weighted by Gasteiger charge is -2.23. The maximum Gasteiger partial charge on any atom is 0.271 e. The van der Waals surface area contributed by atoms with Gasteiger partial charge in [-0.15, -0.1) is 0 Å². The van der Waals surface area contributed by atoms with Gasteiger partial charge in [0.05, 0.1) is 6.54 Å². The SMILES string of the molecule is CN(CCNCc1ccc(S(N)(=O)=O)o1)C1CCCC1. The van der Waals surface area contributed by atoms with E-state index in [0.717, 1.165) is 19.1 Å². The van der Waals surface area contributed by atoms with Crippen molar-refractivity contribution < 1.29 is 12.8 Å². The fourth-order valence-corrected chi connectivity index (χ4v) is 3.08. The van der Waals surface area contributed by atoms with Gasteiger partial charge in [-0.05, 0) is 32.0 Å². The van der Waals surface area contributed by atoms with Crippen LogP contribution in [0.4, 0.5) is 0 Å². The summed E-state index contributed by atoms with van der Waals surface area (Å²) in [5.74, 6) is 0.581. The van der Waals surface area contributed by atoms with E-state index in [1.165, 1.54) is 31.7 Å². The maximum absolute atomic E-state index is 11.1. The average Bonchev–Trinajstić information content (AvgIpc) is 3.04. The van der Waals surface area contributed by atoms with Gasteiger partial charge < -0.3 is 14.6 Å². The van der Waals surface area contributed by atoms with Crippen LogP contribution in [0.3, 0.4) is 0 Å². The van der Waals surface area contributed by atoms with Crippen molar-refractivity contribution in [1.82, 2.24) is 10.2 Å². The standard InChI is InChI=1S/C13H23N3O3S/c1-16(11-4-2-3-5-11)9-8-15-10-12-6-7-13(19-12)20(14,17)18/h6-7,11,15H,2-5,8-10H2,1H3,(H2,14,17,18). The van der Waals surface area contributed by atoms with Crippen LogP contribution in [-0.2, 0) is 16.6 Å². The number of nitrogens with two attached hydrogens (primary N) is 1. The quantitative estimate of drug-likeness (QED) is 0.730. The van der Waals surface area contributed by atoms with Crippen LogP contribution in [-0.4, -0.2) is 39.5 Å². The highest BCUT2D eigenvalue weighted by Gasteiger charge is 2.18. The van der Waals surface area contributed by atoms with Crippen LogP contribution in [0.25, 0.3) is 0 Å². The van der Waals surface area contributed by atoms with E-state index in [1.54, 1.807) is 6.07 Å². The molecule has 1 saturated carbocycles. The number of likely N-dealkylation sites (N-methyl/N-ethyl adjacent to an activating group) is 1. The zero-order valence-electron chi connectivity index (χ0n) is 11.8. The van der Waals surface area contributed by atoms with Gasteiger partial charge in [0, 0.05) is 19.1 Å². The molecule has 6 nitrogen and oxygen atoms in total. The molecule has 1 aromatic rings. The van der Waals surface area contributed by atoms with Crippen LogP contribution in [0.5, 0.6) is 0 Å². The highest BCUT2D eigenvalue weighted by Crippen LogP contribution is 2.21. The molecule has 0 bridgehead atoms. The molecule has 0 atom stereocenters. The zero-order valence-corrected chi connectivity index (χ0v) is 12.7. The van der Waals surface area contributed by atoms with Crippen LogP contribution in [0.1, 0.15) is 31.4 Å². The smallest absolute Gasteiger partial charge is 0.271 e. The Kier molecular flexibility index (Phi) is 5.20. The topological polar surface area (TPSA) is 88.6 Å². The van der Waals surface area contributed by atoms with Crippen molar-refractivity contribution in [2.45, 2.75) is 43.4 Å². The molecule has 0 aliphatic heterocycles. The third-order valence-electron chi connectivity index (χ3n) is 3.81. The molecule has 1 fully saturated rings. The Hall–Kier alpha value is -0.890. The van der Waals surface area contributed by atoms with Gasteiger partial charge in [-0.3, -0.25) is 0 Å². The summed E-state index contributed by atoms with van der Waals surface area (Å²) in [5.41, 5.74) is 0. The van der Waals surface area contributed by atoms with Crippen molar-refractivity contribution in [3.63, 3.8) is 0 Å². The zero-order chi connectivity index (χ0) is 14.6. The third-order valence-corrected chi connectivity index (χ3v) is 4.59. The first-order valence-corrected chi connectivity index (χ1v) is 8.54. The van der Waals surface area contributed by atoms with Crippen LogP contribution >= 0.6 is 0 Å². The molecule has 7 heteroatoms. The first-order valence-electron chi connectivity index (χ1n) is 6.99. The molecule has 20 heavy (non-hydrogen) atoms. The van der Waals surface area contributed by atoms with Gasteiger partial charge in [-0.2, -0.15) is 0 Å². The van der Waals surface area contributed by atoms with Gasteiger partial charge in [0.25, 0.3) is 10.0 Å². The normalized spacial score (nSPS) is 17.1. The summed E-state index contributed by atoms with van der Waals surface area (Å²) in [6.45, 7) is 2.33. The number of rotatable bonds is 7. The maximum atomic E-state index is 11.1. The molecule has 1 heterocycles. The Bertz CT molecular complexity index is 521. The number of primary sulfonamides is 1. The van der Waals surface area contributed by atoms with Crippen molar-refractivity contribution in [2.75, 3.05) is 20.1 Å². The summed E-state index contributed by atoms with van der Waals surface area (Å²) in [6, 6.07) is 3.74. The minimum atomic E-state index is -3.74. The molecular weight excluding hydrogens is 278 g/mol. The number of furan rings is 1. The van der Waals surface area contributed by atoms with E-state index in [4.69, 9.17) is 9.56 Å². The Morgan fingerprint density at radius 3 is 2.70 bits per heavy atom. The van der Waals surface area contributed by atoms with Crippen LogP contribution in [0.15, 0.2) is 21.6 Å². The highest BCUT2D eigenvalue weighted by molar-refractivity contribution is 7.89. The molecule has 0 radical (unpaired) electrons. The average molecular weight is 301 g/mol. The molecule has 0 aromatic carbocycles. The van der Waals surface area contributed by atoms with E-state index in [9.17, 15) is 8.42 Å². The molecule has 1 aliphatic rings. The van der Waals surface area contributed by atoms with E-state index in [-0.39, 0.29) is 5.09 Å². The number of nitrogens with zero attached hydrogens (tertiary/aromatic N) is 1. The second-order valence-corrected chi connectivity index (χ2v) is 6.85. The Morgan fingerprint density at radius 2 is 2.10 bits per heavy atom. The lowest BCUT2D eigenvalue weighted by atomic mass is 10.2. The summed E-state index contributed by atoms with van der Waals surface area (Å²) in [5, 5.41) is 8.05. The molecule has 0 saturated heterocycles.